The molecular weight excluding hydrogens is 324 g/mol. The van der Waals surface area contributed by atoms with E-state index in [9.17, 15) is 4.79 Å². The highest BCUT2D eigenvalue weighted by atomic mass is 16.5. The first-order chi connectivity index (χ1) is 12.3. The average molecular weight is 346 g/mol. The number of pyridine rings is 1. The van der Waals surface area contributed by atoms with Crippen LogP contribution in [0.15, 0.2) is 29.0 Å². The smallest absolute Gasteiger partial charge is 0.255 e. The molecule has 2 aromatic rings. The molecule has 0 saturated carbocycles. The Morgan fingerprint density at radius 2 is 2.40 bits per heavy atom. The molecule has 3 rings (SSSR count). The quantitative estimate of drug-likeness (QED) is 0.750. The number of amides is 1. The normalized spacial score (nSPS) is 17.6. The molecule has 8 heteroatoms. The van der Waals surface area contributed by atoms with Crippen molar-refractivity contribution in [3.8, 4) is 0 Å². The van der Waals surface area contributed by atoms with Crippen LogP contribution < -0.4 is 0 Å². The van der Waals surface area contributed by atoms with E-state index in [1.165, 1.54) is 0 Å². The minimum Gasteiger partial charge on any atom is -0.384 e. The zero-order chi connectivity index (χ0) is 17.5. The molecule has 8 nitrogen and oxygen atoms in total. The molecular formula is C17H22N4O4. The van der Waals surface area contributed by atoms with Crippen LogP contribution in [0, 0.1) is 0 Å². The van der Waals surface area contributed by atoms with Crippen molar-refractivity contribution in [3.63, 3.8) is 0 Å². The van der Waals surface area contributed by atoms with Crippen molar-refractivity contribution in [2.75, 3.05) is 26.8 Å². The third-order valence-electron chi connectivity index (χ3n) is 4.06. The number of ether oxygens (including phenoxy) is 2. The summed E-state index contributed by atoms with van der Waals surface area (Å²) in [4.78, 5) is 22.6. The standard InChI is InChI=1S/C17H22N4O4/c1-23-9-6-15-19-16(25-20-15)12-24-14-5-3-8-21(11-14)17(22)13-4-2-7-18-10-13/h2,4,7,10,14H,3,5-6,8-9,11-12H2,1H3. The second-order valence-corrected chi connectivity index (χ2v) is 5.92. The molecule has 134 valence electrons. The van der Waals surface area contributed by atoms with Crippen LogP contribution in [0.25, 0.3) is 0 Å². The van der Waals surface area contributed by atoms with Crippen molar-refractivity contribution < 1.29 is 18.8 Å². The minimum atomic E-state index is -0.0382. The number of hydrogen-bond acceptors (Lipinski definition) is 7. The van der Waals surface area contributed by atoms with Crippen LogP contribution in [-0.4, -0.2) is 58.8 Å². The van der Waals surface area contributed by atoms with Crippen molar-refractivity contribution in [1.82, 2.24) is 20.0 Å². The van der Waals surface area contributed by atoms with Gasteiger partial charge in [-0.05, 0) is 25.0 Å². The van der Waals surface area contributed by atoms with E-state index in [0.717, 1.165) is 19.4 Å². The molecule has 0 radical (unpaired) electrons. The van der Waals surface area contributed by atoms with Crippen LogP contribution in [0.4, 0.5) is 0 Å². The third-order valence-corrected chi connectivity index (χ3v) is 4.06. The lowest BCUT2D eigenvalue weighted by molar-refractivity contribution is -0.0153. The summed E-state index contributed by atoms with van der Waals surface area (Å²) in [5, 5.41) is 3.88. The molecule has 3 heterocycles. The summed E-state index contributed by atoms with van der Waals surface area (Å²) < 4.78 is 16.0. The Labute approximate surface area is 146 Å². The first-order valence-corrected chi connectivity index (χ1v) is 8.37. The van der Waals surface area contributed by atoms with Gasteiger partial charge in [-0.1, -0.05) is 5.16 Å². The molecule has 0 spiro atoms. The van der Waals surface area contributed by atoms with E-state index in [4.69, 9.17) is 14.0 Å². The van der Waals surface area contributed by atoms with Crippen LogP contribution in [0.1, 0.15) is 34.9 Å². The lowest BCUT2D eigenvalue weighted by Gasteiger charge is -2.32. The van der Waals surface area contributed by atoms with Gasteiger partial charge in [-0.3, -0.25) is 9.78 Å². The van der Waals surface area contributed by atoms with Gasteiger partial charge in [0, 0.05) is 39.0 Å². The highest BCUT2D eigenvalue weighted by Crippen LogP contribution is 2.17. The Hall–Kier alpha value is -2.32. The second kappa shape index (κ2) is 8.68. The Kier molecular flexibility index (Phi) is 6.08. The molecule has 1 atom stereocenters. The molecule has 1 aliphatic heterocycles. The fourth-order valence-corrected chi connectivity index (χ4v) is 2.76. The maximum Gasteiger partial charge on any atom is 0.255 e. The summed E-state index contributed by atoms with van der Waals surface area (Å²) in [6.45, 7) is 2.08. The lowest BCUT2D eigenvalue weighted by Crippen LogP contribution is -2.43. The summed E-state index contributed by atoms with van der Waals surface area (Å²) in [6, 6.07) is 3.54. The van der Waals surface area contributed by atoms with Gasteiger partial charge in [-0.2, -0.15) is 4.98 Å². The van der Waals surface area contributed by atoms with Gasteiger partial charge in [0.05, 0.1) is 18.3 Å². The summed E-state index contributed by atoms with van der Waals surface area (Å²) in [5.41, 5.74) is 0.600. The molecule has 2 aromatic heterocycles. The van der Waals surface area contributed by atoms with Gasteiger partial charge in [-0.25, -0.2) is 0 Å². The van der Waals surface area contributed by atoms with E-state index in [1.54, 1.807) is 31.6 Å². The van der Waals surface area contributed by atoms with Crippen molar-refractivity contribution in [1.29, 1.82) is 0 Å². The maximum atomic E-state index is 12.5. The van der Waals surface area contributed by atoms with Gasteiger partial charge in [0.15, 0.2) is 5.82 Å². The summed E-state index contributed by atoms with van der Waals surface area (Å²) in [5.74, 6) is 1.04. The van der Waals surface area contributed by atoms with E-state index < -0.39 is 0 Å². The topological polar surface area (TPSA) is 90.6 Å². The van der Waals surface area contributed by atoms with E-state index in [2.05, 4.69) is 15.1 Å². The van der Waals surface area contributed by atoms with Crippen molar-refractivity contribution in [2.45, 2.75) is 32.0 Å². The first kappa shape index (κ1) is 17.5. The number of rotatable bonds is 7. The lowest BCUT2D eigenvalue weighted by atomic mass is 10.1. The van der Waals surface area contributed by atoms with Gasteiger partial charge in [-0.15, -0.1) is 0 Å². The van der Waals surface area contributed by atoms with Gasteiger partial charge in [0.25, 0.3) is 11.8 Å². The Morgan fingerprint density at radius 1 is 1.48 bits per heavy atom. The SMILES string of the molecule is COCCc1noc(COC2CCCN(C(=O)c3cccnc3)C2)n1. The van der Waals surface area contributed by atoms with Crippen LogP contribution in [0.3, 0.4) is 0 Å². The number of carbonyl (C=O) groups excluding carboxylic acids is 1. The Bertz CT molecular complexity index is 676. The Balaban J connectivity index is 1.50. The molecule has 0 aliphatic carbocycles. The molecule has 1 unspecified atom stereocenters. The van der Waals surface area contributed by atoms with Gasteiger partial charge in [0.2, 0.25) is 0 Å². The zero-order valence-electron chi connectivity index (χ0n) is 14.3. The predicted octanol–water partition coefficient (Wildman–Crippen LogP) is 1.47. The van der Waals surface area contributed by atoms with Gasteiger partial charge >= 0.3 is 0 Å². The highest BCUT2D eigenvalue weighted by Gasteiger charge is 2.25. The fraction of sp³-hybridized carbons (Fsp3) is 0.529. The molecule has 0 bridgehead atoms. The number of nitrogens with zero attached hydrogens (tertiary/aromatic N) is 4. The number of aromatic nitrogens is 3. The fourth-order valence-electron chi connectivity index (χ4n) is 2.76. The molecule has 1 amide bonds. The van der Waals surface area contributed by atoms with Crippen LogP contribution in [0.5, 0.6) is 0 Å². The molecule has 0 N–H and O–H groups in total. The summed E-state index contributed by atoms with van der Waals surface area (Å²) in [7, 11) is 1.63. The van der Waals surface area contributed by atoms with Crippen LogP contribution >= 0.6 is 0 Å². The molecule has 25 heavy (non-hydrogen) atoms. The van der Waals surface area contributed by atoms with E-state index >= 15 is 0 Å². The van der Waals surface area contributed by atoms with Crippen molar-refractivity contribution in [2.24, 2.45) is 0 Å². The largest absolute Gasteiger partial charge is 0.384 e. The Morgan fingerprint density at radius 3 is 3.20 bits per heavy atom. The first-order valence-electron chi connectivity index (χ1n) is 8.37. The number of likely N-dealkylation sites (tertiary alicyclic amines) is 1. The third kappa shape index (κ3) is 4.83. The highest BCUT2D eigenvalue weighted by molar-refractivity contribution is 5.93. The summed E-state index contributed by atoms with van der Waals surface area (Å²) in [6.07, 6.45) is 5.62. The zero-order valence-corrected chi connectivity index (χ0v) is 14.3. The number of carbonyl (C=O) groups is 1. The van der Waals surface area contributed by atoms with Crippen molar-refractivity contribution in [3.05, 3.63) is 41.8 Å². The van der Waals surface area contributed by atoms with Crippen molar-refractivity contribution >= 4 is 5.91 Å². The number of piperidine rings is 1. The minimum absolute atomic E-state index is 0.0129. The predicted molar refractivity (Wildman–Crippen MR) is 87.8 cm³/mol. The molecule has 1 aliphatic rings. The van der Waals surface area contributed by atoms with E-state index in [0.29, 0.717) is 36.9 Å². The van der Waals surface area contributed by atoms with E-state index in [-0.39, 0.29) is 18.6 Å². The number of hydrogen-bond donors (Lipinski definition) is 0. The van der Waals surface area contributed by atoms with E-state index in [1.807, 2.05) is 4.90 Å². The maximum absolute atomic E-state index is 12.5. The number of methoxy groups -OCH3 is 1. The van der Waals surface area contributed by atoms with Crippen LogP contribution in [0.2, 0.25) is 0 Å². The molecule has 0 aromatic carbocycles. The van der Waals surface area contributed by atoms with Gasteiger partial charge < -0.3 is 18.9 Å². The second-order valence-electron chi connectivity index (χ2n) is 5.92. The van der Waals surface area contributed by atoms with Gasteiger partial charge in [0.1, 0.15) is 6.61 Å². The summed E-state index contributed by atoms with van der Waals surface area (Å²) >= 11 is 0. The molecule has 1 saturated heterocycles. The average Bonchev–Trinajstić information content (AvgIpc) is 3.13. The molecule has 1 fully saturated rings. The monoisotopic (exact) mass is 346 g/mol. The van der Waals surface area contributed by atoms with Crippen LogP contribution in [-0.2, 0) is 22.5 Å².